The van der Waals surface area contributed by atoms with Crippen molar-refractivity contribution in [3.05, 3.63) is 0 Å². The highest BCUT2D eigenvalue weighted by atomic mass is 16.5. The second kappa shape index (κ2) is 3.57. The average Bonchev–Trinajstić information content (AvgIpc) is 1.94. The molecule has 1 amide bonds. The average molecular weight is 158 g/mol. The van der Waals surface area contributed by atoms with Gasteiger partial charge in [0.1, 0.15) is 0 Å². The normalized spacial score (nSPS) is 17.8. The number of nitrogens with one attached hydrogen (secondary N) is 1. The van der Waals surface area contributed by atoms with E-state index in [9.17, 15) is 4.79 Å². The predicted molar refractivity (Wildman–Crippen MR) is 41.4 cm³/mol. The molecule has 1 saturated heterocycles. The molecular formula is C7H14N2O2. The van der Waals surface area contributed by atoms with Gasteiger partial charge < -0.3 is 15.0 Å². The van der Waals surface area contributed by atoms with Crippen LogP contribution in [0.15, 0.2) is 0 Å². The first-order chi connectivity index (χ1) is 5.27. The van der Waals surface area contributed by atoms with E-state index in [1.165, 1.54) is 7.11 Å². The molecule has 0 aliphatic carbocycles. The third-order valence-electron chi connectivity index (χ3n) is 1.81. The highest BCUT2D eigenvalue weighted by Gasteiger charge is 2.30. The monoisotopic (exact) mass is 158 g/mol. The van der Waals surface area contributed by atoms with Gasteiger partial charge in [-0.05, 0) is 6.54 Å². The molecule has 0 aromatic carbocycles. The molecular weight excluding hydrogens is 144 g/mol. The van der Waals surface area contributed by atoms with Crippen LogP contribution < -0.4 is 5.32 Å². The molecule has 1 heterocycles. The summed E-state index contributed by atoms with van der Waals surface area (Å²) < 4.78 is 4.54. The fraction of sp³-hybridized carbons (Fsp3) is 0.857. The molecule has 0 radical (unpaired) electrons. The van der Waals surface area contributed by atoms with Gasteiger partial charge in [0.25, 0.3) is 0 Å². The molecule has 0 bridgehead atoms. The second-order valence-corrected chi connectivity index (χ2v) is 2.63. The highest BCUT2D eigenvalue weighted by Crippen LogP contribution is 2.08. The third kappa shape index (κ3) is 1.83. The summed E-state index contributed by atoms with van der Waals surface area (Å²) >= 11 is 0. The van der Waals surface area contributed by atoms with Crippen molar-refractivity contribution in [3.63, 3.8) is 0 Å². The number of carbonyl (C=O) groups excluding carboxylic acids is 1. The van der Waals surface area contributed by atoms with E-state index in [0.29, 0.717) is 6.04 Å². The summed E-state index contributed by atoms with van der Waals surface area (Å²) in [5, 5.41) is 3.24. The van der Waals surface area contributed by atoms with Crippen LogP contribution in [-0.2, 0) is 4.74 Å². The van der Waals surface area contributed by atoms with E-state index in [1.807, 2.05) is 0 Å². The lowest BCUT2D eigenvalue weighted by Crippen LogP contribution is -2.59. The Hall–Kier alpha value is -0.770. The number of amides is 1. The van der Waals surface area contributed by atoms with E-state index in [0.717, 1.165) is 19.6 Å². The molecule has 0 spiro atoms. The van der Waals surface area contributed by atoms with Crippen molar-refractivity contribution in [1.29, 1.82) is 0 Å². The number of likely N-dealkylation sites (N-methyl/N-ethyl adjacent to an activating group) is 1. The van der Waals surface area contributed by atoms with Gasteiger partial charge in [-0.2, -0.15) is 0 Å². The summed E-state index contributed by atoms with van der Waals surface area (Å²) in [6.07, 6.45) is -0.223. The fourth-order valence-electron chi connectivity index (χ4n) is 1.17. The molecule has 1 N–H and O–H groups in total. The summed E-state index contributed by atoms with van der Waals surface area (Å²) in [4.78, 5) is 12.5. The van der Waals surface area contributed by atoms with Crippen LogP contribution in [0.25, 0.3) is 0 Å². The third-order valence-corrected chi connectivity index (χ3v) is 1.81. The van der Waals surface area contributed by atoms with Crippen molar-refractivity contribution in [2.45, 2.75) is 13.0 Å². The van der Waals surface area contributed by atoms with Gasteiger partial charge in [-0.15, -0.1) is 0 Å². The molecule has 64 valence electrons. The minimum absolute atomic E-state index is 0.223. The SMILES string of the molecule is CCNC1CN(C(=O)OC)C1. The van der Waals surface area contributed by atoms with Crippen molar-refractivity contribution in [1.82, 2.24) is 10.2 Å². The summed E-state index contributed by atoms with van der Waals surface area (Å²) in [6, 6.07) is 0.471. The van der Waals surface area contributed by atoms with Crippen LogP contribution in [0.1, 0.15) is 6.92 Å². The minimum atomic E-state index is -0.223. The van der Waals surface area contributed by atoms with Gasteiger partial charge in [-0.25, -0.2) is 4.79 Å². The Bertz CT molecular complexity index is 143. The number of nitrogens with zero attached hydrogens (tertiary/aromatic N) is 1. The summed E-state index contributed by atoms with van der Waals surface area (Å²) in [5.74, 6) is 0. The van der Waals surface area contributed by atoms with Gasteiger partial charge in [-0.1, -0.05) is 6.92 Å². The van der Waals surface area contributed by atoms with E-state index in [2.05, 4.69) is 17.0 Å². The van der Waals surface area contributed by atoms with Crippen LogP contribution >= 0.6 is 0 Å². The lowest BCUT2D eigenvalue weighted by atomic mass is 10.1. The molecule has 0 aromatic heterocycles. The maximum Gasteiger partial charge on any atom is 0.409 e. The van der Waals surface area contributed by atoms with Crippen LogP contribution in [-0.4, -0.2) is 43.8 Å². The molecule has 11 heavy (non-hydrogen) atoms. The van der Waals surface area contributed by atoms with Crippen molar-refractivity contribution in [2.24, 2.45) is 0 Å². The highest BCUT2D eigenvalue weighted by molar-refractivity contribution is 5.68. The van der Waals surface area contributed by atoms with Crippen LogP contribution in [0.5, 0.6) is 0 Å². The molecule has 4 heteroatoms. The number of hydrogen-bond acceptors (Lipinski definition) is 3. The number of ether oxygens (including phenoxy) is 1. The van der Waals surface area contributed by atoms with Gasteiger partial charge in [0.15, 0.2) is 0 Å². The maximum atomic E-state index is 10.8. The molecule has 0 unspecified atom stereocenters. The molecule has 1 rings (SSSR count). The van der Waals surface area contributed by atoms with Crippen LogP contribution in [0.4, 0.5) is 4.79 Å². The Labute approximate surface area is 66.5 Å². The zero-order valence-electron chi connectivity index (χ0n) is 6.96. The lowest BCUT2D eigenvalue weighted by Gasteiger charge is -2.38. The van der Waals surface area contributed by atoms with Gasteiger partial charge in [0.05, 0.1) is 7.11 Å². The first kappa shape index (κ1) is 8.33. The molecule has 0 saturated carbocycles. The van der Waals surface area contributed by atoms with Gasteiger partial charge in [-0.3, -0.25) is 0 Å². The number of carbonyl (C=O) groups is 1. The Morgan fingerprint density at radius 3 is 2.82 bits per heavy atom. The molecule has 0 atom stereocenters. The van der Waals surface area contributed by atoms with E-state index in [4.69, 9.17) is 0 Å². The number of rotatable bonds is 2. The fourth-order valence-corrected chi connectivity index (χ4v) is 1.17. The predicted octanol–water partition coefficient (Wildman–Crippen LogP) is 0.0465. The second-order valence-electron chi connectivity index (χ2n) is 2.63. The van der Waals surface area contributed by atoms with E-state index in [1.54, 1.807) is 4.90 Å². The molecule has 1 aliphatic rings. The van der Waals surface area contributed by atoms with Crippen LogP contribution in [0.3, 0.4) is 0 Å². The van der Waals surface area contributed by atoms with E-state index < -0.39 is 0 Å². The van der Waals surface area contributed by atoms with Gasteiger partial charge >= 0.3 is 6.09 Å². The molecule has 1 fully saturated rings. The van der Waals surface area contributed by atoms with Crippen molar-refractivity contribution < 1.29 is 9.53 Å². The minimum Gasteiger partial charge on any atom is -0.453 e. The Kier molecular flexibility index (Phi) is 2.70. The van der Waals surface area contributed by atoms with Gasteiger partial charge in [0, 0.05) is 19.1 Å². The van der Waals surface area contributed by atoms with Crippen LogP contribution in [0, 0.1) is 0 Å². The smallest absolute Gasteiger partial charge is 0.409 e. The standard InChI is InChI=1S/C7H14N2O2/c1-3-8-6-4-9(5-6)7(10)11-2/h6,8H,3-5H2,1-2H3. The molecule has 0 aromatic rings. The number of likely N-dealkylation sites (tertiary alicyclic amines) is 1. The molecule has 4 nitrogen and oxygen atoms in total. The van der Waals surface area contributed by atoms with Crippen molar-refractivity contribution in [3.8, 4) is 0 Å². The topological polar surface area (TPSA) is 41.6 Å². The van der Waals surface area contributed by atoms with E-state index >= 15 is 0 Å². The summed E-state index contributed by atoms with van der Waals surface area (Å²) in [5.41, 5.74) is 0. The summed E-state index contributed by atoms with van der Waals surface area (Å²) in [7, 11) is 1.41. The zero-order chi connectivity index (χ0) is 8.27. The maximum absolute atomic E-state index is 10.8. The van der Waals surface area contributed by atoms with E-state index in [-0.39, 0.29) is 6.09 Å². The Morgan fingerprint density at radius 2 is 2.36 bits per heavy atom. The first-order valence-corrected chi connectivity index (χ1v) is 3.84. The summed E-state index contributed by atoms with van der Waals surface area (Å²) in [6.45, 7) is 4.57. The Morgan fingerprint density at radius 1 is 1.73 bits per heavy atom. The van der Waals surface area contributed by atoms with Crippen molar-refractivity contribution >= 4 is 6.09 Å². The molecule has 1 aliphatic heterocycles. The van der Waals surface area contributed by atoms with Gasteiger partial charge in [0.2, 0.25) is 0 Å². The van der Waals surface area contributed by atoms with Crippen LogP contribution in [0.2, 0.25) is 0 Å². The Balaban J connectivity index is 2.13. The quantitative estimate of drug-likeness (QED) is 0.617. The number of hydrogen-bond donors (Lipinski definition) is 1. The van der Waals surface area contributed by atoms with Crippen molar-refractivity contribution in [2.75, 3.05) is 26.7 Å². The lowest BCUT2D eigenvalue weighted by molar-refractivity contribution is 0.0809. The number of methoxy groups -OCH3 is 1. The first-order valence-electron chi connectivity index (χ1n) is 3.84. The zero-order valence-corrected chi connectivity index (χ0v) is 6.96. The largest absolute Gasteiger partial charge is 0.453 e.